The summed E-state index contributed by atoms with van der Waals surface area (Å²) in [4.78, 5) is 14.0. The van der Waals surface area contributed by atoms with Crippen LogP contribution in [0.5, 0.6) is 11.5 Å². The molecule has 5 heteroatoms. The van der Waals surface area contributed by atoms with Crippen molar-refractivity contribution < 1.29 is 14.3 Å². The van der Waals surface area contributed by atoms with Crippen molar-refractivity contribution in [1.29, 1.82) is 5.26 Å². The van der Waals surface area contributed by atoms with Crippen LogP contribution in [0.1, 0.15) is 12.5 Å². The second kappa shape index (κ2) is 7.85. The highest BCUT2D eigenvalue weighted by Crippen LogP contribution is 2.28. The van der Waals surface area contributed by atoms with E-state index in [0.717, 1.165) is 5.69 Å². The fraction of sp³-hybridized carbons (Fsp3) is 0.222. The van der Waals surface area contributed by atoms with Gasteiger partial charge in [0, 0.05) is 18.3 Å². The number of anilines is 1. The van der Waals surface area contributed by atoms with Crippen molar-refractivity contribution in [2.75, 3.05) is 25.2 Å². The van der Waals surface area contributed by atoms with E-state index in [-0.39, 0.29) is 12.5 Å². The highest BCUT2D eigenvalue weighted by Gasteiger charge is 2.15. The van der Waals surface area contributed by atoms with Crippen molar-refractivity contribution in [2.45, 2.75) is 6.92 Å². The number of para-hydroxylation sites is 1. The average molecular weight is 310 g/mol. The number of benzene rings is 2. The van der Waals surface area contributed by atoms with Gasteiger partial charge in [0.1, 0.15) is 0 Å². The molecule has 2 aromatic carbocycles. The number of nitrogens with zero attached hydrogens (tertiary/aromatic N) is 2. The molecule has 0 aliphatic carbocycles. The van der Waals surface area contributed by atoms with Gasteiger partial charge in [-0.2, -0.15) is 5.26 Å². The van der Waals surface area contributed by atoms with Crippen LogP contribution in [0.2, 0.25) is 0 Å². The molecule has 0 heterocycles. The Bertz CT molecular complexity index is 708. The zero-order valence-corrected chi connectivity index (χ0v) is 13.2. The number of methoxy groups -OCH3 is 1. The van der Waals surface area contributed by atoms with Gasteiger partial charge in [-0.3, -0.25) is 4.79 Å². The summed E-state index contributed by atoms with van der Waals surface area (Å²) in [7, 11) is 1.49. The molecule has 0 saturated carbocycles. The predicted molar refractivity (Wildman–Crippen MR) is 87.7 cm³/mol. The van der Waals surface area contributed by atoms with Gasteiger partial charge in [0.2, 0.25) is 0 Å². The number of carbonyl (C=O) groups excluding carboxylic acids is 1. The molecule has 0 saturated heterocycles. The Morgan fingerprint density at radius 2 is 1.91 bits per heavy atom. The maximum absolute atomic E-state index is 12.4. The summed E-state index contributed by atoms with van der Waals surface area (Å²) >= 11 is 0. The van der Waals surface area contributed by atoms with Crippen molar-refractivity contribution in [3.8, 4) is 17.6 Å². The summed E-state index contributed by atoms with van der Waals surface area (Å²) in [5.41, 5.74) is 1.30. The smallest absolute Gasteiger partial charge is 0.264 e. The molecule has 0 aromatic heterocycles. The first kappa shape index (κ1) is 16.4. The van der Waals surface area contributed by atoms with Crippen molar-refractivity contribution in [3.63, 3.8) is 0 Å². The van der Waals surface area contributed by atoms with E-state index in [0.29, 0.717) is 23.6 Å². The molecule has 0 radical (unpaired) electrons. The van der Waals surface area contributed by atoms with Gasteiger partial charge < -0.3 is 14.4 Å². The van der Waals surface area contributed by atoms with Crippen molar-refractivity contribution in [1.82, 2.24) is 0 Å². The molecule has 2 rings (SSSR count). The summed E-state index contributed by atoms with van der Waals surface area (Å²) in [5, 5.41) is 8.89. The molecule has 0 atom stereocenters. The van der Waals surface area contributed by atoms with Crippen LogP contribution in [0, 0.1) is 11.3 Å². The van der Waals surface area contributed by atoms with Crippen LogP contribution < -0.4 is 14.4 Å². The first-order chi connectivity index (χ1) is 11.2. The van der Waals surface area contributed by atoms with Crippen molar-refractivity contribution in [2.24, 2.45) is 0 Å². The van der Waals surface area contributed by atoms with Crippen LogP contribution in [-0.4, -0.2) is 26.2 Å². The van der Waals surface area contributed by atoms with Gasteiger partial charge in [-0.25, -0.2) is 0 Å². The summed E-state index contributed by atoms with van der Waals surface area (Å²) in [5.74, 6) is 0.716. The fourth-order valence-corrected chi connectivity index (χ4v) is 2.18. The molecule has 0 fully saturated rings. The lowest BCUT2D eigenvalue weighted by Crippen LogP contribution is -2.34. The van der Waals surface area contributed by atoms with E-state index in [1.54, 1.807) is 23.1 Å². The van der Waals surface area contributed by atoms with Crippen LogP contribution in [0.25, 0.3) is 0 Å². The maximum Gasteiger partial charge on any atom is 0.264 e. The van der Waals surface area contributed by atoms with E-state index in [4.69, 9.17) is 14.7 Å². The molecule has 5 nitrogen and oxygen atoms in total. The standard InChI is InChI=1S/C18H18N2O3/c1-3-20(15-7-5-4-6-8-15)18(21)13-23-16-10-9-14(12-19)11-17(16)22-2/h4-11H,3,13H2,1-2H3. The number of rotatable bonds is 6. The van der Waals surface area contributed by atoms with E-state index in [2.05, 4.69) is 0 Å². The largest absolute Gasteiger partial charge is 0.493 e. The Labute approximate surface area is 135 Å². The van der Waals surface area contributed by atoms with Gasteiger partial charge in [0.15, 0.2) is 18.1 Å². The van der Waals surface area contributed by atoms with E-state index in [1.165, 1.54) is 7.11 Å². The van der Waals surface area contributed by atoms with Gasteiger partial charge in [-0.15, -0.1) is 0 Å². The number of likely N-dealkylation sites (N-methyl/N-ethyl adjacent to an activating group) is 1. The van der Waals surface area contributed by atoms with E-state index in [9.17, 15) is 4.79 Å². The number of amides is 1. The number of ether oxygens (including phenoxy) is 2. The zero-order chi connectivity index (χ0) is 16.7. The lowest BCUT2D eigenvalue weighted by atomic mass is 10.2. The minimum atomic E-state index is -0.148. The molecule has 0 N–H and O–H groups in total. The van der Waals surface area contributed by atoms with Gasteiger partial charge in [0.05, 0.1) is 18.7 Å². The number of carbonyl (C=O) groups is 1. The lowest BCUT2D eigenvalue weighted by Gasteiger charge is -2.21. The molecule has 0 aliphatic rings. The van der Waals surface area contributed by atoms with E-state index >= 15 is 0 Å². The first-order valence-electron chi connectivity index (χ1n) is 7.26. The monoisotopic (exact) mass is 310 g/mol. The molecule has 0 spiro atoms. The van der Waals surface area contributed by atoms with Crippen LogP contribution in [0.3, 0.4) is 0 Å². The third-order valence-corrected chi connectivity index (χ3v) is 3.33. The van der Waals surface area contributed by atoms with Crippen molar-refractivity contribution >= 4 is 11.6 Å². The van der Waals surface area contributed by atoms with Gasteiger partial charge in [0.25, 0.3) is 5.91 Å². The van der Waals surface area contributed by atoms with E-state index in [1.807, 2.05) is 43.3 Å². The predicted octanol–water partition coefficient (Wildman–Crippen LogP) is 3.00. The second-order valence-electron chi connectivity index (χ2n) is 4.74. The van der Waals surface area contributed by atoms with Crippen LogP contribution >= 0.6 is 0 Å². The van der Waals surface area contributed by atoms with Crippen molar-refractivity contribution in [3.05, 3.63) is 54.1 Å². The fourth-order valence-electron chi connectivity index (χ4n) is 2.18. The van der Waals surface area contributed by atoms with Crippen LogP contribution in [0.15, 0.2) is 48.5 Å². The lowest BCUT2D eigenvalue weighted by molar-refractivity contribution is -0.120. The van der Waals surface area contributed by atoms with E-state index < -0.39 is 0 Å². The minimum Gasteiger partial charge on any atom is -0.493 e. The first-order valence-corrected chi connectivity index (χ1v) is 7.26. The highest BCUT2D eigenvalue weighted by molar-refractivity contribution is 5.94. The highest BCUT2D eigenvalue weighted by atomic mass is 16.5. The summed E-state index contributed by atoms with van der Waals surface area (Å²) < 4.78 is 10.8. The maximum atomic E-state index is 12.4. The quantitative estimate of drug-likeness (QED) is 0.823. The SMILES string of the molecule is CCN(C(=O)COc1ccc(C#N)cc1OC)c1ccccc1. The zero-order valence-electron chi connectivity index (χ0n) is 13.2. The molecule has 0 aliphatic heterocycles. The molecule has 1 amide bonds. The Morgan fingerprint density at radius 3 is 2.52 bits per heavy atom. The third-order valence-electron chi connectivity index (χ3n) is 3.33. The molecule has 2 aromatic rings. The summed E-state index contributed by atoms with van der Waals surface area (Å²) in [6.07, 6.45) is 0. The Balaban J connectivity index is 2.08. The summed E-state index contributed by atoms with van der Waals surface area (Å²) in [6.45, 7) is 2.36. The molecule has 118 valence electrons. The molecule has 23 heavy (non-hydrogen) atoms. The van der Waals surface area contributed by atoms with Gasteiger partial charge >= 0.3 is 0 Å². The number of hydrogen-bond donors (Lipinski definition) is 0. The van der Waals surface area contributed by atoms with Gasteiger partial charge in [-0.05, 0) is 31.2 Å². The Morgan fingerprint density at radius 1 is 1.17 bits per heavy atom. The third kappa shape index (κ3) is 4.01. The Hall–Kier alpha value is -3.00. The van der Waals surface area contributed by atoms with Gasteiger partial charge in [-0.1, -0.05) is 18.2 Å². The normalized spacial score (nSPS) is 9.78. The minimum absolute atomic E-state index is 0.106. The molecular weight excluding hydrogens is 292 g/mol. The topological polar surface area (TPSA) is 62.6 Å². The number of hydrogen-bond acceptors (Lipinski definition) is 4. The molecule has 0 unspecified atom stereocenters. The van der Waals surface area contributed by atoms with Crippen LogP contribution in [0.4, 0.5) is 5.69 Å². The average Bonchev–Trinajstić information content (AvgIpc) is 2.61. The second-order valence-corrected chi connectivity index (χ2v) is 4.74. The van der Waals surface area contributed by atoms with Crippen LogP contribution in [-0.2, 0) is 4.79 Å². The number of nitriles is 1. The molecular formula is C18H18N2O3. The molecule has 0 bridgehead atoms. The Kier molecular flexibility index (Phi) is 5.59. The summed E-state index contributed by atoms with van der Waals surface area (Å²) in [6, 6.07) is 16.3.